The number of aliphatic carboxylic acids is 1. The van der Waals surface area contributed by atoms with Gasteiger partial charge in [0, 0.05) is 26.1 Å². The first-order chi connectivity index (χ1) is 13.8. The number of H-pyrrole nitrogens is 1. The van der Waals surface area contributed by atoms with Crippen LogP contribution in [-0.2, 0) is 14.4 Å². The molecule has 0 saturated carbocycles. The Bertz CT molecular complexity index is 778. The molecule has 2 amide bonds. The van der Waals surface area contributed by atoms with Gasteiger partial charge in [-0.15, -0.1) is 5.10 Å². The van der Waals surface area contributed by atoms with Crippen molar-refractivity contribution in [3.8, 4) is 0 Å². The van der Waals surface area contributed by atoms with Gasteiger partial charge in [0.25, 0.3) is 0 Å². The van der Waals surface area contributed by atoms with E-state index in [4.69, 9.17) is 22.0 Å². The highest BCUT2D eigenvalue weighted by atomic mass is 16.4. The Morgan fingerprint density at radius 1 is 1.41 bits per heavy atom. The molecule has 2 heterocycles. The normalized spacial score (nSPS) is 15.3. The molecule has 2 atom stereocenters. The minimum Gasteiger partial charge on any atom is -0.479 e. The van der Waals surface area contributed by atoms with Crippen molar-refractivity contribution in [1.29, 1.82) is 5.41 Å². The van der Waals surface area contributed by atoms with E-state index in [1.165, 1.54) is 0 Å². The Kier molecular flexibility index (Phi) is 7.59. The highest BCUT2D eigenvalue weighted by Gasteiger charge is 2.25. The molecule has 0 bridgehead atoms. The number of nitrogens with two attached hydrogens (primary N) is 2. The van der Waals surface area contributed by atoms with Crippen molar-refractivity contribution in [3.63, 3.8) is 0 Å². The van der Waals surface area contributed by atoms with Crippen molar-refractivity contribution in [2.45, 2.75) is 31.3 Å². The lowest BCUT2D eigenvalue weighted by molar-refractivity contribution is -0.142. The average molecular weight is 408 g/mol. The van der Waals surface area contributed by atoms with Crippen LogP contribution < -0.4 is 22.1 Å². The summed E-state index contributed by atoms with van der Waals surface area (Å²) in [6.07, 6.45) is 2.54. The van der Waals surface area contributed by atoms with Gasteiger partial charge in [-0.05, 0) is 23.3 Å². The number of nitrogens with zero attached hydrogens (tertiary/aromatic N) is 4. The number of carbonyl (C=O) groups is 3. The number of nitrogens with one attached hydrogen (secondary N) is 4. The van der Waals surface area contributed by atoms with Crippen LogP contribution in [-0.4, -0.2) is 80.0 Å². The summed E-state index contributed by atoms with van der Waals surface area (Å²) in [5.41, 5.74) is 12.2. The predicted molar refractivity (Wildman–Crippen MR) is 99.1 cm³/mol. The Labute approximate surface area is 165 Å². The van der Waals surface area contributed by atoms with Gasteiger partial charge in [0.1, 0.15) is 0 Å². The van der Waals surface area contributed by atoms with Crippen LogP contribution in [0.5, 0.6) is 0 Å². The maximum Gasteiger partial charge on any atom is 0.334 e. The van der Waals surface area contributed by atoms with Crippen LogP contribution in [0.4, 0.5) is 0 Å². The molecule has 14 nitrogen and oxygen atoms in total. The summed E-state index contributed by atoms with van der Waals surface area (Å²) in [6.45, 7) is 1.21. The number of hydrogen-bond donors (Lipinski definition) is 7. The second-order valence-electron chi connectivity index (χ2n) is 6.46. The van der Waals surface area contributed by atoms with Gasteiger partial charge in [0.15, 0.2) is 17.8 Å². The van der Waals surface area contributed by atoms with E-state index in [1.54, 1.807) is 4.90 Å². The molecule has 0 spiro atoms. The number of guanidine groups is 1. The molecule has 2 unspecified atom stereocenters. The summed E-state index contributed by atoms with van der Waals surface area (Å²) in [5, 5.41) is 33.8. The molecule has 14 heteroatoms. The van der Waals surface area contributed by atoms with Crippen molar-refractivity contribution in [2.75, 3.05) is 19.6 Å². The number of aromatic nitrogens is 4. The van der Waals surface area contributed by atoms with Crippen LogP contribution >= 0.6 is 0 Å². The van der Waals surface area contributed by atoms with Gasteiger partial charge in [-0.25, -0.2) is 9.89 Å². The zero-order valence-corrected chi connectivity index (χ0v) is 15.6. The minimum atomic E-state index is -1.38. The van der Waals surface area contributed by atoms with Gasteiger partial charge in [0.2, 0.25) is 11.8 Å². The highest BCUT2D eigenvalue weighted by Crippen LogP contribution is 2.13. The van der Waals surface area contributed by atoms with E-state index in [2.05, 4.69) is 31.3 Å². The second-order valence-corrected chi connectivity index (χ2v) is 6.46. The Balaban J connectivity index is 1.66. The van der Waals surface area contributed by atoms with E-state index in [0.29, 0.717) is 25.9 Å². The maximum absolute atomic E-state index is 12.1. The van der Waals surface area contributed by atoms with Crippen LogP contribution in [0.2, 0.25) is 0 Å². The lowest BCUT2D eigenvalue weighted by Gasteiger charge is -2.17. The number of hydrogen-bond acceptors (Lipinski definition) is 8. The lowest BCUT2D eigenvalue weighted by Crippen LogP contribution is -2.42. The number of carboxylic acid groups (broad SMARTS) is 1. The molecular formula is C15H24N10O4. The minimum absolute atomic E-state index is 0.000409. The van der Waals surface area contributed by atoms with Crippen molar-refractivity contribution in [1.82, 2.24) is 36.2 Å². The molecule has 9 N–H and O–H groups in total. The van der Waals surface area contributed by atoms with Gasteiger partial charge < -0.3 is 32.1 Å². The van der Waals surface area contributed by atoms with Crippen molar-refractivity contribution in [3.05, 3.63) is 17.5 Å². The first-order valence-electron chi connectivity index (χ1n) is 8.84. The summed E-state index contributed by atoms with van der Waals surface area (Å²) in [6, 6.07) is -2.13. The largest absolute Gasteiger partial charge is 0.479 e. The van der Waals surface area contributed by atoms with E-state index >= 15 is 0 Å². The predicted octanol–water partition coefficient (Wildman–Crippen LogP) is -2.81. The zero-order chi connectivity index (χ0) is 21.4. The van der Waals surface area contributed by atoms with Crippen molar-refractivity contribution >= 4 is 23.7 Å². The van der Waals surface area contributed by atoms with Gasteiger partial charge in [0.05, 0.1) is 6.04 Å². The molecule has 1 aliphatic heterocycles. The lowest BCUT2D eigenvalue weighted by atomic mass is 10.1. The van der Waals surface area contributed by atoms with Gasteiger partial charge in [-0.3, -0.25) is 15.0 Å². The van der Waals surface area contributed by atoms with E-state index in [0.717, 1.165) is 5.57 Å². The highest BCUT2D eigenvalue weighted by molar-refractivity contribution is 5.84. The first-order valence-corrected chi connectivity index (χ1v) is 8.84. The molecule has 2 rings (SSSR count). The monoisotopic (exact) mass is 408 g/mol. The Hall–Kier alpha value is -3.55. The summed E-state index contributed by atoms with van der Waals surface area (Å²) in [4.78, 5) is 36.8. The Morgan fingerprint density at radius 2 is 2.17 bits per heavy atom. The topological polar surface area (TPSA) is 229 Å². The van der Waals surface area contributed by atoms with E-state index < -0.39 is 24.0 Å². The van der Waals surface area contributed by atoms with Crippen LogP contribution in [0.25, 0.3) is 0 Å². The van der Waals surface area contributed by atoms with E-state index in [-0.39, 0.29) is 30.7 Å². The fourth-order valence-electron chi connectivity index (χ4n) is 2.68. The van der Waals surface area contributed by atoms with Crippen LogP contribution in [0.15, 0.2) is 11.6 Å². The molecule has 0 radical (unpaired) electrons. The molecule has 0 aromatic carbocycles. The summed E-state index contributed by atoms with van der Waals surface area (Å²) in [7, 11) is 0. The quantitative estimate of drug-likeness (QED) is 0.0909. The van der Waals surface area contributed by atoms with Crippen LogP contribution in [0.1, 0.15) is 31.1 Å². The second kappa shape index (κ2) is 10.1. The SMILES string of the molecule is N=C(N)N1CC=C(CC(N)C(=O)NCCCC(=O)NC(C(=O)O)c2nnn[nH]2)C1. The molecule has 0 fully saturated rings. The fourth-order valence-corrected chi connectivity index (χ4v) is 2.68. The molecule has 0 aliphatic carbocycles. The fraction of sp³-hybridized carbons (Fsp3) is 0.533. The van der Waals surface area contributed by atoms with Gasteiger partial charge >= 0.3 is 5.97 Å². The number of aromatic amines is 1. The third kappa shape index (κ3) is 6.53. The van der Waals surface area contributed by atoms with Crippen molar-refractivity contribution in [2.24, 2.45) is 11.5 Å². The number of carboxylic acids is 1. The molecule has 1 aromatic rings. The van der Waals surface area contributed by atoms with Crippen LogP contribution in [0, 0.1) is 5.41 Å². The number of amides is 2. The summed E-state index contributed by atoms with van der Waals surface area (Å²) < 4.78 is 0. The smallest absolute Gasteiger partial charge is 0.334 e. The van der Waals surface area contributed by atoms with Gasteiger partial charge in [-0.2, -0.15) is 0 Å². The first kappa shape index (κ1) is 21.7. The standard InChI is InChI=1S/C15H24N10O4/c16-9(6-8-3-5-25(7-8)15(17)18)13(27)19-4-1-2-10(26)20-11(14(28)29)12-21-23-24-22-12/h3,9,11H,1-2,4-7,16H2,(H3,17,18)(H,19,27)(H,20,26)(H,28,29)(H,21,22,23,24). The van der Waals surface area contributed by atoms with Crippen molar-refractivity contribution < 1.29 is 19.5 Å². The average Bonchev–Trinajstić information content (AvgIpc) is 3.34. The number of tetrazole rings is 1. The summed E-state index contributed by atoms with van der Waals surface area (Å²) >= 11 is 0. The zero-order valence-electron chi connectivity index (χ0n) is 15.6. The summed E-state index contributed by atoms with van der Waals surface area (Å²) in [5.74, 6) is -2.30. The van der Waals surface area contributed by atoms with E-state index in [1.807, 2.05) is 6.08 Å². The molecule has 158 valence electrons. The Morgan fingerprint density at radius 3 is 2.76 bits per heavy atom. The third-order valence-electron chi connectivity index (χ3n) is 4.22. The molecule has 0 saturated heterocycles. The van der Waals surface area contributed by atoms with Gasteiger partial charge in [-0.1, -0.05) is 11.6 Å². The van der Waals surface area contributed by atoms with E-state index in [9.17, 15) is 14.4 Å². The number of carbonyl (C=O) groups excluding carboxylic acids is 2. The molecule has 29 heavy (non-hydrogen) atoms. The maximum atomic E-state index is 12.1. The molecule has 1 aliphatic rings. The van der Waals surface area contributed by atoms with Crippen LogP contribution in [0.3, 0.4) is 0 Å². The molecular weight excluding hydrogens is 384 g/mol. The molecule has 1 aromatic heterocycles. The third-order valence-corrected chi connectivity index (χ3v) is 4.22. The number of rotatable bonds is 10.